The van der Waals surface area contributed by atoms with Crippen molar-refractivity contribution in [2.24, 2.45) is 0 Å². The molecule has 0 fully saturated rings. The summed E-state index contributed by atoms with van der Waals surface area (Å²) in [7, 11) is 0. The molecule has 2 rings (SSSR count). The minimum Gasteiger partial charge on any atom is -0.508 e. The van der Waals surface area contributed by atoms with Crippen LogP contribution >= 0.6 is 0 Å². The first-order chi connectivity index (χ1) is 9.13. The first kappa shape index (κ1) is 12.6. The number of benzene rings is 2. The normalized spacial score (nSPS) is 10.5. The van der Waals surface area contributed by atoms with E-state index in [2.05, 4.69) is 4.84 Å². The number of phenolic OH excluding ortho intramolecular Hbond substituents is 1. The maximum atomic E-state index is 10.1. The van der Waals surface area contributed by atoms with Gasteiger partial charge in [0.2, 0.25) is 0 Å². The number of hydrogen-bond acceptors (Lipinski definition) is 4. The molecule has 0 radical (unpaired) electrons. The Morgan fingerprint density at radius 3 is 2.37 bits per heavy atom. The molecule has 5 nitrogen and oxygen atoms in total. The maximum absolute atomic E-state index is 10.1. The van der Waals surface area contributed by atoms with Crippen molar-refractivity contribution in [3.05, 3.63) is 69.8 Å². The summed E-state index contributed by atoms with van der Waals surface area (Å²) >= 11 is 0. The van der Waals surface area contributed by atoms with E-state index in [-0.39, 0.29) is 11.5 Å². The minimum atomic E-state index is -0.850. The van der Waals surface area contributed by atoms with Crippen LogP contribution in [0.1, 0.15) is 11.1 Å². The summed E-state index contributed by atoms with van der Waals surface area (Å²) in [6, 6.07) is 13.3. The molecular formula is C14H11NO4. The molecule has 2 aromatic carbocycles. The topological polar surface area (TPSA) is 72.6 Å². The van der Waals surface area contributed by atoms with E-state index in [9.17, 15) is 15.2 Å². The highest BCUT2D eigenvalue weighted by Crippen LogP contribution is 2.16. The molecule has 2 aromatic rings. The van der Waals surface area contributed by atoms with Gasteiger partial charge in [-0.2, -0.15) is 0 Å². The van der Waals surface area contributed by atoms with E-state index >= 15 is 0 Å². The Bertz CT molecular complexity index is 605. The summed E-state index contributed by atoms with van der Waals surface area (Å²) in [5, 5.41) is 18.6. The Hall–Kier alpha value is -2.82. The van der Waals surface area contributed by atoms with E-state index in [1.807, 2.05) is 18.2 Å². The fraction of sp³-hybridized carbons (Fsp3) is 0. The van der Waals surface area contributed by atoms with Crippen molar-refractivity contribution in [1.82, 2.24) is 0 Å². The van der Waals surface area contributed by atoms with E-state index in [0.29, 0.717) is 0 Å². The Morgan fingerprint density at radius 1 is 1.05 bits per heavy atom. The van der Waals surface area contributed by atoms with E-state index in [4.69, 9.17) is 0 Å². The number of hydrogen-bond donors (Lipinski definition) is 1. The summed E-state index contributed by atoms with van der Waals surface area (Å²) in [6.45, 7) is 0. The predicted octanol–water partition coefficient (Wildman–Crippen LogP) is 3.13. The fourth-order valence-corrected chi connectivity index (χ4v) is 1.55. The number of rotatable bonds is 4. The standard InChI is InChI=1S/C14H11NO4/c16-13-3-1-2-12(10-13)5-4-11-6-8-14(9-7-11)19-15(17)18/h1-10,16H/b5-4+. The summed E-state index contributed by atoms with van der Waals surface area (Å²) in [4.78, 5) is 14.5. The smallest absolute Gasteiger partial charge is 0.299 e. The van der Waals surface area contributed by atoms with Gasteiger partial charge in [0.05, 0.1) is 0 Å². The molecule has 1 N–H and O–H groups in total. The van der Waals surface area contributed by atoms with Gasteiger partial charge in [-0.1, -0.05) is 36.4 Å². The molecule has 0 amide bonds. The van der Waals surface area contributed by atoms with Crippen LogP contribution in [-0.4, -0.2) is 10.2 Å². The molecule has 0 aliphatic rings. The molecule has 0 saturated carbocycles. The van der Waals surface area contributed by atoms with Crippen LogP contribution in [0.3, 0.4) is 0 Å². The predicted molar refractivity (Wildman–Crippen MR) is 71.1 cm³/mol. The van der Waals surface area contributed by atoms with Crippen LogP contribution in [-0.2, 0) is 0 Å². The first-order valence-electron chi connectivity index (χ1n) is 5.53. The van der Waals surface area contributed by atoms with Gasteiger partial charge < -0.3 is 5.11 Å². The van der Waals surface area contributed by atoms with Gasteiger partial charge in [-0.3, -0.25) is 4.84 Å². The highest BCUT2D eigenvalue weighted by molar-refractivity contribution is 5.70. The van der Waals surface area contributed by atoms with Gasteiger partial charge >= 0.3 is 0 Å². The molecule has 0 aliphatic carbocycles. The zero-order chi connectivity index (χ0) is 13.7. The lowest BCUT2D eigenvalue weighted by molar-refractivity contribution is -0.711. The minimum absolute atomic E-state index is 0.180. The molecule has 0 bridgehead atoms. The third kappa shape index (κ3) is 3.85. The van der Waals surface area contributed by atoms with Crippen LogP contribution in [0, 0.1) is 10.1 Å². The third-order valence-electron chi connectivity index (χ3n) is 2.40. The van der Waals surface area contributed by atoms with E-state index in [0.717, 1.165) is 11.1 Å². The molecule has 0 heterocycles. The van der Waals surface area contributed by atoms with Gasteiger partial charge in [0.25, 0.3) is 5.09 Å². The van der Waals surface area contributed by atoms with Gasteiger partial charge in [-0.15, -0.1) is 10.1 Å². The van der Waals surface area contributed by atoms with E-state index < -0.39 is 5.09 Å². The molecule has 5 heteroatoms. The van der Waals surface area contributed by atoms with Crippen LogP contribution in [0.25, 0.3) is 12.2 Å². The zero-order valence-electron chi connectivity index (χ0n) is 9.89. The Kier molecular flexibility index (Phi) is 3.78. The monoisotopic (exact) mass is 257 g/mol. The van der Waals surface area contributed by atoms with Gasteiger partial charge in [0.1, 0.15) is 11.5 Å². The van der Waals surface area contributed by atoms with Crippen LogP contribution < -0.4 is 4.84 Å². The molecule has 0 unspecified atom stereocenters. The van der Waals surface area contributed by atoms with Crippen molar-refractivity contribution in [3.8, 4) is 11.5 Å². The van der Waals surface area contributed by atoms with E-state index in [1.165, 1.54) is 12.1 Å². The lowest BCUT2D eigenvalue weighted by Gasteiger charge is -1.99. The first-order valence-corrected chi connectivity index (χ1v) is 5.53. The summed E-state index contributed by atoms with van der Waals surface area (Å²) in [6.07, 6.45) is 3.67. The number of nitrogens with zero attached hydrogens (tertiary/aromatic N) is 1. The second-order valence-electron chi connectivity index (χ2n) is 3.81. The summed E-state index contributed by atoms with van der Waals surface area (Å²) in [5.41, 5.74) is 1.74. The van der Waals surface area contributed by atoms with Gasteiger partial charge in [-0.05, 0) is 35.4 Å². The third-order valence-corrected chi connectivity index (χ3v) is 2.40. The van der Waals surface area contributed by atoms with Crippen molar-refractivity contribution in [2.75, 3.05) is 0 Å². The average Bonchev–Trinajstić information content (AvgIpc) is 2.37. The number of aromatic hydroxyl groups is 1. The average molecular weight is 257 g/mol. The van der Waals surface area contributed by atoms with Crippen molar-refractivity contribution in [2.45, 2.75) is 0 Å². The molecule has 0 atom stereocenters. The van der Waals surface area contributed by atoms with Crippen molar-refractivity contribution in [1.29, 1.82) is 0 Å². The maximum Gasteiger partial charge on any atom is 0.299 e. The lowest BCUT2D eigenvalue weighted by atomic mass is 10.1. The molecule has 0 saturated heterocycles. The molecule has 0 aromatic heterocycles. The van der Waals surface area contributed by atoms with Crippen LogP contribution in [0.5, 0.6) is 11.5 Å². The van der Waals surface area contributed by atoms with E-state index in [1.54, 1.807) is 30.3 Å². The van der Waals surface area contributed by atoms with Crippen LogP contribution in [0.2, 0.25) is 0 Å². The second kappa shape index (κ2) is 5.68. The lowest BCUT2D eigenvalue weighted by Crippen LogP contribution is -2.02. The zero-order valence-corrected chi connectivity index (χ0v) is 9.89. The van der Waals surface area contributed by atoms with Crippen molar-refractivity contribution in [3.63, 3.8) is 0 Å². The van der Waals surface area contributed by atoms with Gasteiger partial charge in [-0.25, -0.2) is 0 Å². The molecule has 0 aliphatic heterocycles. The Morgan fingerprint density at radius 2 is 1.74 bits per heavy atom. The SMILES string of the molecule is O=[N+]([O-])Oc1ccc(/C=C/c2cccc(O)c2)cc1. The Balaban J connectivity index is 2.09. The highest BCUT2D eigenvalue weighted by Gasteiger charge is 1.98. The van der Waals surface area contributed by atoms with Crippen LogP contribution in [0.15, 0.2) is 48.5 Å². The van der Waals surface area contributed by atoms with Crippen molar-refractivity contribution >= 4 is 12.2 Å². The van der Waals surface area contributed by atoms with Crippen molar-refractivity contribution < 1.29 is 15.0 Å². The summed E-state index contributed by atoms with van der Waals surface area (Å²) < 4.78 is 0. The molecule has 19 heavy (non-hydrogen) atoms. The highest BCUT2D eigenvalue weighted by atomic mass is 17.0. The van der Waals surface area contributed by atoms with Crippen LogP contribution in [0.4, 0.5) is 0 Å². The van der Waals surface area contributed by atoms with Gasteiger partial charge in [0.15, 0.2) is 0 Å². The Labute approximate surface area is 109 Å². The van der Waals surface area contributed by atoms with Gasteiger partial charge in [0, 0.05) is 0 Å². The fourth-order valence-electron chi connectivity index (χ4n) is 1.55. The molecule has 0 spiro atoms. The largest absolute Gasteiger partial charge is 0.508 e. The molecule has 96 valence electrons. The second-order valence-corrected chi connectivity index (χ2v) is 3.81. The number of phenols is 1. The summed E-state index contributed by atoms with van der Waals surface area (Å²) in [5.74, 6) is 0.386. The quantitative estimate of drug-likeness (QED) is 0.519. The molecular weight excluding hydrogens is 246 g/mol.